The van der Waals surface area contributed by atoms with Gasteiger partial charge in [0.1, 0.15) is 11.3 Å². The van der Waals surface area contributed by atoms with E-state index in [4.69, 9.17) is 11.6 Å². The van der Waals surface area contributed by atoms with Gasteiger partial charge in [0.2, 0.25) is 0 Å². The van der Waals surface area contributed by atoms with Gasteiger partial charge in [-0.1, -0.05) is 17.7 Å². The van der Waals surface area contributed by atoms with Crippen molar-refractivity contribution in [2.45, 2.75) is 18.8 Å². The van der Waals surface area contributed by atoms with Gasteiger partial charge >= 0.3 is 0 Å². The van der Waals surface area contributed by atoms with Crippen molar-refractivity contribution < 1.29 is 0 Å². The Morgan fingerprint density at radius 2 is 2.23 bits per heavy atom. The molecule has 2 aromatic rings. The SMILES string of the molecule is Clc1cccc2[nH]c(C3CC3)nc12. The summed E-state index contributed by atoms with van der Waals surface area (Å²) in [5, 5.41) is 0.737. The van der Waals surface area contributed by atoms with E-state index >= 15 is 0 Å². The first-order valence-corrected chi connectivity index (χ1v) is 4.86. The fourth-order valence-corrected chi connectivity index (χ4v) is 1.78. The molecule has 0 spiro atoms. The molecule has 1 fully saturated rings. The smallest absolute Gasteiger partial charge is 0.110 e. The van der Waals surface area contributed by atoms with Crippen LogP contribution in [0.2, 0.25) is 5.02 Å². The van der Waals surface area contributed by atoms with E-state index in [-0.39, 0.29) is 0 Å². The summed E-state index contributed by atoms with van der Waals surface area (Å²) in [6, 6.07) is 5.83. The van der Waals surface area contributed by atoms with Crippen molar-refractivity contribution in [3.8, 4) is 0 Å². The van der Waals surface area contributed by atoms with Crippen LogP contribution in [-0.2, 0) is 0 Å². The highest BCUT2D eigenvalue weighted by molar-refractivity contribution is 6.34. The van der Waals surface area contributed by atoms with Gasteiger partial charge in [-0.2, -0.15) is 0 Å². The zero-order valence-corrected chi connectivity index (χ0v) is 7.80. The zero-order valence-electron chi connectivity index (χ0n) is 7.05. The van der Waals surface area contributed by atoms with Gasteiger partial charge in [0.25, 0.3) is 0 Å². The minimum absolute atomic E-state index is 0.656. The second kappa shape index (κ2) is 2.48. The maximum atomic E-state index is 6.01. The Balaban J connectivity index is 2.26. The largest absolute Gasteiger partial charge is 0.342 e. The number of benzene rings is 1. The highest BCUT2D eigenvalue weighted by Crippen LogP contribution is 2.39. The highest BCUT2D eigenvalue weighted by Gasteiger charge is 2.26. The Morgan fingerprint density at radius 3 is 2.92 bits per heavy atom. The monoisotopic (exact) mass is 192 g/mol. The second-order valence-electron chi connectivity index (χ2n) is 3.53. The Kier molecular flexibility index (Phi) is 1.41. The van der Waals surface area contributed by atoms with E-state index in [0.29, 0.717) is 5.92 Å². The minimum Gasteiger partial charge on any atom is -0.342 e. The standard InChI is InChI=1S/C10H9ClN2/c11-7-2-1-3-8-9(7)13-10(12-8)6-4-5-6/h1-3,6H,4-5H2,(H,12,13). The van der Waals surface area contributed by atoms with E-state index in [1.54, 1.807) is 0 Å². The van der Waals surface area contributed by atoms with Crippen molar-refractivity contribution >= 4 is 22.6 Å². The molecule has 0 bridgehead atoms. The average molecular weight is 193 g/mol. The second-order valence-corrected chi connectivity index (χ2v) is 3.94. The van der Waals surface area contributed by atoms with Crippen LogP contribution in [0.3, 0.4) is 0 Å². The predicted molar refractivity (Wildman–Crippen MR) is 53.1 cm³/mol. The van der Waals surface area contributed by atoms with E-state index in [0.717, 1.165) is 21.9 Å². The molecular formula is C10H9ClN2. The molecule has 0 amide bonds. The maximum Gasteiger partial charge on any atom is 0.110 e. The van der Waals surface area contributed by atoms with Gasteiger partial charge in [0.05, 0.1) is 10.5 Å². The van der Waals surface area contributed by atoms with Crippen LogP contribution in [0.25, 0.3) is 11.0 Å². The van der Waals surface area contributed by atoms with Crippen LogP contribution in [0, 0.1) is 0 Å². The molecular weight excluding hydrogens is 184 g/mol. The summed E-state index contributed by atoms with van der Waals surface area (Å²) in [4.78, 5) is 7.79. The number of hydrogen-bond acceptors (Lipinski definition) is 1. The summed E-state index contributed by atoms with van der Waals surface area (Å²) < 4.78 is 0. The third kappa shape index (κ3) is 1.13. The summed E-state index contributed by atoms with van der Waals surface area (Å²) in [7, 11) is 0. The Bertz CT molecular complexity index is 457. The fraction of sp³-hybridized carbons (Fsp3) is 0.300. The molecule has 13 heavy (non-hydrogen) atoms. The van der Waals surface area contributed by atoms with Crippen molar-refractivity contribution in [1.82, 2.24) is 9.97 Å². The molecule has 1 heterocycles. The lowest BCUT2D eigenvalue weighted by molar-refractivity contribution is 0.986. The normalized spacial score (nSPS) is 16.7. The van der Waals surface area contributed by atoms with Crippen LogP contribution in [0.1, 0.15) is 24.6 Å². The predicted octanol–water partition coefficient (Wildman–Crippen LogP) is 3.09. The number of imidazole rings is 1. The molecule has 1 aliphatic carbocycles. The van der Waals surface area contributed by atoms with Gasteiger partial charge in [0.15, 0.2) is 0 Å². The van der Waals surface area contributed by atoms with E-state index < -0.39 is 0 Å². The number of aromatic amines is 1. The van der Waals surface area contributed by atoms with Crippen molar-refractivity contribution in [1.29, 1.82) is 0 Å². The van der Waals surface area contributed by atoms with E-state index in [2.05, 4.69) is 9.97 Å². The van der Waals surface area contributed by atoms with Crippen LogP contribution in [0.5, 0.6) is 0 Å². The molecule has 0 saturated heterocycles. The number of halogens is 1. The Labute approximate surface area is 80.9 Å². The van der Waals surface area contributed by atoms with Crippen molar-refractivity contribution in [2.75, 3.05) is 0 Å². The third-order valence-corrected chi connectivity index (χ3v) is 2.75. The van der Waals surface area contributed by atoms with E-state index in [9.17, 15) is 0 Å². The lowest BCUT2D eigenvalue weighted by Crippen LogP contribution is -1.79. The van der Waals surface area contributed by atoms with Gasteiger partial charge in [0, 0.05) is 5.92 Å². The van der Waals surface area contributed by atoms with Crippen molar-refractivity contribution in [3.05, 3.63) is 29.0 Å². The van der Waals surface area contributed by atoms with Gasteiger partial charge in [-0.05, 0) is 25.0 Å². The summed E-state index contributed by atoms with van der Waals surface area (Å²) in [6.07, 6.45) is 2.52. The zero-order chi connectivity index (χ0) is 8.84. The van der Waals surface area contributed by atoms with Crippen LogP contribution in [0.15, 0.2) is 18.2 Å². The van der Waals surface area contributed by atoms with Gasteiger partial charge < -0.3 is 4.98 Å². The van der Waals surface area contributed by atoms with Crippen molar-refractivity contribution in [3.63, 3.8) is 0 Å². The number of H-pyrrole nitrogens is 1. The third-order valence-electron chi connectivity index (χ3n) is 2.45. The molecule has 1 aromatic carbocycles. The van der Waals surface area contributed by atoms with E-state index in [1.165, 1.54) is 12.8 Å². The van der Waals surface area contributed by atoms with Gasteiger partial charge in [-0.25, -0.2) is 4.98 Å². The molecule has 2 nitrogen and oxygen atoms in total. The summed E-state index contributed by atoms with van der Waals surface area (Å²) in [5.41, 5.74) is 1.96. The molecule has 3 rings (SSSR count). The molecule has 0 radical (unpaired) electrons. The molecule has 1 saturated carbocycles. The topological polar surface area (TPSA) is 28.7 Å². The molecule has 1 N–H and O–H groups in total. The van der Waals surface area contributed by atoms with Crippen LogP contribution in [0.4, 0.5) is 0 Å². The lowest BCUT2D eigenvalue weighted by atomic mass is 10.3. The molecule has 3 heteroatoms. The van der Waals surface area contributed by atoms with Gasteiger partial charge in [-0.3, -0.25) is 0 Å². The first-order valence-electron chi connectivity index (χ1n) is 4.49. The summed E-state index contributed by atoms with van der Waals surface area (Å²) >= 11 is 6.01. The quantitative estimate of drug-likeness (QED) is 0.739. The average Bonchev–Trinajstić information content (AvgIpc) is 2.87. The molecule has 66 valence electrons. The number of para-hydroxylation sites is 1. The number of nitrogens with zero attached hydrogens (tertiary/aromatic N) is 1. The number of rotatable bonds is 1. The molecule has 1 aliphatic rings. The first kappa shape index (κ1) is 7.39. The van der Waals surface area contributed by atoms with Crippen LogP contribution in [-0.4, -0.2) is 9.97 Å². The Morgan fingerprint density at radius 1 is 1.38 bits per heavy atom. The highest BCUT2D eigenvalue weighted by atomic mass is 35.5. The first-order chi connectivity index (χ1) is 6.34. The number of aromatic nitrogens is 2. The summed E-state index contributed by atoms with van der Waals surface area (Å²) in [5.74, 6) is 1.76. The lowest BCUT2D eigenvalue weighted by Gasteiger charge is -1.88. The molecule has 0 unspecified atom stereocenters. The fourth-order valence-electron chi connectivity index (χ4n) is 1.57. The van der Waals surface area contributed by atoms with E-state index in [1.807, 2.05) is 18.2 Å². The molecule has 0 aliphatic heterocycles. The number of hydrogen-bond donors (Lipinski definition) is 1. The molecule has 0 atom stereocenters. The maximum absolute atomic E-state index is 6.01. The van der Waals surface area contributed by atoms with Gasteiger partial charge in [-0.15, -0.1) is 0 Å². The summed E-state index contributed by atoms with van der Waals surface area (Å²) in [6.45, 7) is 0. The number of fused-ring (bicyclic) bond motifs is 1. The van der Waals surface area contributed by atoms with Crippen LogP contribution < -0.4 is 0 Å². The molecule has 1 aromatic heterocycles. The minimum atomic E-state index is 0.656. The van der Waals surface area contributed by atoms with Crippen LogP contribution >= 0.6 is 11.6 Å². The number of nitrogens with one attached hydrogen (secondary N) is 1. The Hall–Kier alpha value is -1.02. The van der Waals surface area contributed by atoms with Crippen molar-refractivity contribution in [2.24, 2.45) is 0 Å².